The van der Waals surface area contributed by atoms with Crippen molar-refractivity contribution in [3.63, 3.8) is 0 Å². The largest absolute Gasteiger partial charge is 0.380 e. The molecule has 1 N–H and O–H groups in total. The van der Waals surface area contributed by atoms with Crippen LogP contribution in [0.5, 0.6) is 0 Å². The maximum absolute atomic E-state index is 12.5. The maximum Gasteiger partial charge on any atom is 0.269 e. The first-order chi connectivity index (χ1) is 11.9. The number of amides is 1. The molecule has 0 saturated heterocycles. The average molecular weight is 339 g/mol. The summed E-state index contributed by atoms with van der Waals surface area (Å²) in [6.07, 6.45) is 0. The number of benzene rings is 1. The summed E-state index contributed by atoms with van der Waals surface area (Å²) in [6, 6.07) is 9.23. The number of carbonyl (C=O) groups excluding carboxylic acids is 1. The van der Waals surface area contributed by atoms with Crippen LogP contribution in [0.2, 0.25) is 0 Å². The lowest BCUT2D eigenvalue weighted by Gasteiger charge is -2.13. The Morgan fingerprint density at radius 3 is 2.56 bits per heavy atom. The number of nitriles is 1. The van der Waals surface area contributed by atoms with Gasteiger partial charge in [0.2, 0.25) is 5.91 Å². The lowest BCUT2D eigenvalue weighted by Crippen LogP contribution is -2.31. The molecule has 0 spiro atoms. The molecular formula is C19H21N3O3. The number of aromatic nitrogens is 1. The van der Waals surface area contributed by atoms with E-state index in [1.807, 2.05) is 38.1 Å². The third kappa shape index (κ3) is 4.14. The zero-order valence-electron chi connectivity index (χ0n) is 14.8. The number of nitrogens with zero attached hydrogens (tertiary/aromatic N) is 2. The number of aryl methyl sites for hydroxylation is 3. The molecule has 1 heterocycles. The lowest BCUT2D eigenvalue weighted by atomic mass is 10.1. The van der Waals surface area contributed by atoms with Crippen molar-refractivity contribution in [3.8, 4) is 6.07 Å². The van der Waals surface area contributed by atoms with Gasteiger partial charge in [-0.3, -0.25) is 9.59 Å². The lowest BCUT2D eigenvalue weighted by molar-refractivity contribution is -0.116. The van der Waals surface area contributed by atoms with Gasteiger partial charge in [0.1, 0.15) is 18.2 Å². The van der Waals surface area contributed by atoms with Gasteiger partial charge < -0.3 is 14.6 Å². The van der Waals surface area contributed by atoms with E-state index < -0.39 is 5.56 Å². The second-order valence-corrected chi connectivity index (χ2v) is 5.97. The standard InChI is InChI=1S/C19H21N3O3/c1-12-5-6-16(7-13(12)2)21-18(23)10-22-14(3)8-15(11-25-4)17(9-20)19(22)24/h5-8H,10-11H2,1-4H3,(H,21,23). The molecule has 25 heavy (non-hydrogen) atoms. The van der Waals surface area contributed by atoms with E-state index in [2.05, 4.69) is 5.32 Å². The van der Waals surface area contributed by atoms with Crippen molar-refractivity contribution in [2.24, 2.45) is 0 Å². The predicted molar refractivity (Wildman–Crippen MR) is 95.4 cm³/mol. The highest BCUT2D eigenvalue weighted by molar-refractivity contribution is 5.90. The molecule has 0 radical (unpaired) electrons. The summed E-state index contributed by atoms with van der Waals surface area (Å²) in [6.45, 7) is 5.71. The summed E-state index contributed by atoms with van der Waals surface area (Å²) in [5.41, 5.74) is 3.54. The molecule has 0 saturated carbocycles. The van der Waals surface area contributed by atoms with E-state index in [1.54, 1.807) is 13.0 Å². The molecule has 0 aliphatic rings. The Morgan fingerprint density at radius 2 is 1.96 bits per heavy atom. The van der Waals surface area contributed by atoms with Gasteiger partial charge in [0, 0.05) is 24.1 Å². The van der Waals surface area contributed by atoms with Crippen molar-refractivity contribution in [2.45, 2.75) is 33.9 Å². The zero-order chi connectivity index (χ0) is 18.6. The number of carbonyl (C=O) groups is 1. The number of ether oxygens (including phenoxy) is 1. The van der Waals surface area contributed by atoms with E-state index >= 15 is 0 Å². The van der Waals surface area contributed by atoms with Crippen molar-refractivity contribution in [1.82, 2.24) is 4.57 Å². The second-order valence-electron chi connectivity index (χ2n) is 5.97. The van der Waals surface area contributed by atoms with Gasteiger partial charge in [0.05, 0.1) is 6.61 Å². The van der Waals surface area contributed by atoms with Crippen molar-refractivity contribution in [2.75, 3.05) is 12.4 Å². The molecule has 6 heteroatoms. The third-order valence-electron chi connectivity index (χ3n) is 4.09. The molecule has 1 amide bonds. The molecule has 1 aromatic carbocycles. The first-order valence-corrected chi connectivity index (χ1v) is 7.86. The Hall–Kier alpha value is -2.91. The fourth-order valence-corrected chi connectivity index (χ4v) is 2.58. The minimum Gasteiger partial charge on any atom is -0.380 e. The Morgan fingerprint density at radius 1 is 1.24 bits per heavy atom. The summed E-state index contributed by atoms with van der Waals surface area (Å²) in [4.78, 5) is 24.8. The molecule has 6 nitrogen and oxygen atoms in total. The van der Waals surface area contributed by atoms with Crippen LogP contribution in [0, 0.1) is 32.1 Å². The number of rotatable bonds is 5. The monoisotopic (exact) mass is 339 g/mol. The van der Waals surface area contributed by atoms with Crippen LogP contribution in [0.15, 0.2) is 29.1 Å². The van der Waals surface area contributed by atoms with Gasteiger partial charge in [-0.2, -0.15) is 5.26 Å². The van der Waals surface area contributed by atoms with Crippen molar-refractivity contribution >= 4 is 11.6 Å². The van der Waals surface area contributed by atoms with Crippen LogP contribution in [0.3, 0.4) is 0 Å². The molecule has 2 aromatic rings. The summed E-state index contributed by atoms with van der Waals surface area (Å²) in [5, 5.41) is 12.0. The predicted octanol–water partition coefficient (Wildman–Crippen LogP) is 2.43. The summed E-state index contributed by atoms with van der Waals surface area (Å²) in [7, 11) is 1.50. The van der Waals surface area contributed by atoms with Gasteiger partial charge in [-0.1, -0.05) is 6.07 Å². The molecule has 0 aliphatic heterocycles. The van der Waals surface area contributed by atoms with Gasteiger partial charge in [-0.15, -0.1) is 0 Å². The van der Waals surface area contributed by atoms with E-state index in [9.17, 15) is 14.9 Å². The fourth-order valence-electron chi connectivity index (χ4n) is 2.58. The summed E-state index contributed by atoms with van der Waals surface area (Å²) < 4.78 is 6.32. The van der Waals surface area contributed by atoms with Crippen LogP contribution in [-0.2, 0) is 22.7 Å². The fraction of sp³-hybridized carbons (Fsp3) is 0.316. The topological polar surface area (TPSA) is 84.1 Å². The minimum absolute atomic E-state index is 0.00595. The van der Waals surface area contributed by atoms with Gasteiger partial charge in [-0.05, 0) is 50.1 Å². The van der Waals surface area contributed by atoms with Crippen LogP contribution in [0.25, 0.3) is 0 Å². The molecular weight excluding hydrogens is 318 g/mol. The van der Waals surface area contributed by atoms with Gasteiger partial charge in [0.25, 0.3) is 5.56 Å². The van der Waals surface area contributed by atoms with Crippen molar-refractivity contribution in [3.05, 3.63) is 62.6 Å². The van der Waals surface area contributed by atoms with Crippen LogP contribution < -0.4 is 10.9 Å². The Bertz CT molecular complexity index is 907. The van der Waals surface area contributed by atoms with E-state index in [-0.39, 0.29) is 24.6 Å². The number of methoxy groups -OCH3 is 1. The molecule has 2 rings (SSSR count). The van der Waals surface area contributed by atoms with E-state index in [0.717, 1.165) is 11.1 Å². The molecule has 1 aromatic heterocycles. The van der Waals surface area contributed by atoms with Crippen molar-refractivity contribution < 1.29 is 9.53 Å². The number of pyridine rings is 1. The molecule has 130 valence electrons. The maximum atomic E-state index is 12.5. The molecule has 0 fully saturated rings. The molecule has 0 unspecified atom stereocenters. The first-order valence-electron chi connectivity index (χ1n) is 7.86. The summed E-state index contributed by atoms with van der Waals surface area (Å²) >= 11 is 0. The molecule has 0 atom stereocenters. The number of anilines is 1. The van der Waals surface area contributed by atoms with Crippen LogP contribution >= 0.6 is 0 Å². The Kier molecular flexibility index (Phi) is 5.73. The van der Waals surface area contributed by atoms with E-state index in [1.165, 1.54) is 11.7 Å². The van der Waals surface area contributed by atoms with Crippen LogP contribution in [-0.4, -0.2) is 17.6 Å². The molecule has 0 bridgehead atoms. The SMILES string of the molecule is COCc1cc(C)n(CC(=O)Nc2ccc(C)c(C)c2)c(=O)c1C#N. The first kappa shape index (κ1) is 18.4. The highest BCUT2D eigenvalue weighted by atomic mass is 16.5. The van der Waals surface area contributed by atoms with E-state index in [4.69, 9.17) is 4.74 Å². The van der Waals surface area contributed by atoms with Crippen LogP contribution in [0.1, 0.15) is 27.9 Å². The summed E-state index contributed by atoms with van der Waals surface area (Å²) in [5.74, 6) is -0.322. The number of hydrogen-bond donors (Lipinski definition) is 1. The normalized spacial score (nSPS) is 10.4. The quantitative estimate of drug-likeness (QED) is 0.907. The van der Waals surface area contributed by atoms with Crippen LogP contribution in [0.4, 0.5) is 5.69 Å². The number of hydrogen-bond acceptors (Lipinski definition) is 4. The number of nitrogens with one attached hydrogen (secondary N) is 1. The van der Waals surface area contributed by atoms with Gasteiger partial charge >= 0.3 is 0 Å². The minimum atomic E-state index is -0.482. The Labute approximate surface area is 146 Å². The Balaban J connectivity index is 2.27. The second kappa shape index (κ2) is 7.77. The third-order valence-corrected chi connectivity index (χ3v) is 4.09. The van der Waals surface area contributed by atoms with E-state index in [0.29, 0.717) is 16.9 Å². The average Bonchev–Trinajstić information content (AvgIpc) is 2.55. The zero-order valence-corrected chi connectivity index (χ0v) is 14.8. The smallest absolute Gasteiger partial charge is 0.269 e. The highest BCUT2D eigenvalue weighted by Crippen LogP contribution is 2.14. The highest BCUT2D eigenvalue weighted by Gasteiger charge is 2.15. The van der Waals surface area contributed by atoms with Crippen molar-refractivity contribution in [1.29, 1.82) is 5.26 Å². The van der Waals surface area contributed by atoms with Gasteiger partial charge in [-0.25, -0.2) is 0 Å². The van der Waals surface area contributed by atoms with Gasteiger partial charge in [0.15, 0.2) is 0 Å². The molecule has 0 aliphatic carbocycles.